The number of aromatic nitrogens is 3. The summed E-state index contributed by atoms with van der Waals surface area (Å²) in [6.07, 6.45) is 0. The zero-order chi connectivity index (χ0) is 9.35. The lowest BCUT2D eigenvalue weighted by molar-refractivity contribution is 0.297. The van der Waals surface area contributed by atoms with Gasteiger partial charge in [-0.25, -0.2) is 0 Å². The van der Waals surface area contributed by atoms with Crippen molar-refractivity contribution in [2.24, 2.45) is 0 Å². The summed E-state index contributed by atoms with van der Waals surface area (Å²) in [5.74, 6) is -0.739. The molecule has 1 aromatic heterocycles. The maximum Gasteiger partial charge on any atom is 0.296 e. The molecule has 0 N–H and O–H groups in total. The second-order valence-electron chi connectivity index (χ2n) is 3.46. The van der Waals surface area contributed by atoms with Crippen molar-refractivity contribution in [3.63, 3.8) is 0 Å². The fourth-order valence-corrected chi connectivity index (χ4v) is 0.701. The first-order valence-electron chi connectivity index (χ1n) is 3.62. The van der Waals surface area contributed by atoms with Gasteiger partial charge in [-0.3, -0.25) is 0 Å². The summed E-state index contributed by atoms with van der Waals surface area (Å²) in [6, 6.07) is 0. The molecule has 1 rings (SSSR count). The average Bonchev–Trinajstić information content (AvgIpc) is 2.29. The Bertz CT molecular complexity index is 277. The van der Waals surface area contributed by atoms with E-state index in [9.17, 15) is 4.39 Å². The molecule has 0 bridgehead atoms. The fourth-order valence-electron chi connectivity index (χ4n) is 0.701. The predicted octanol–water partition coefficient (Wildman–Crippen LogP) is 1.18. The summed E-state index contributed by atoms with van der Waals surface area (Å²) in [7, 11) is 1.36. The van der Waals surface area contributed by atoms with Crippen LogP contribution in [0.4, 0.5) is 4.39 Å². The second kappa shape index (κ2) is 2.73. The minimum Gasteiger partial charge on any atom is -0.477 e. The predicted molar refractivity (Wildman–Crippen MR) is 41.5 cm³/mol. The Labute approximate surface area is 70.3 Å². The molecule has 4 nitrogen and oxygen atoms in total. The number of hydrogen-bond donors (Lipinski definition) is 0. The van der Waals surface area contributed by atoms with Gasteiger partial charge in [0.05, 0.1) is 12.6 Å². The van der Waals surface area contributed by atoms with E-state index >= 15 is 0 Å². The fraction of sp³-hybridized carbons (Fsp3) is 0.714. The zero-order valence-corrected chi connectivity index (χ0v) is 7.63. The van der Waals surface area contributed by atoms with Crippen LogP contribution >= 0.6 is 0 Å². The maximum absolute atomic E-state index is 12.8. The van der Waals surface area contributed by atoms with Gasteiger partial charge in [0.15, 0.2) is 0 Å². The third-order valence-corrected chi connectivity index (χ3v) is 1.34. The number of ether oxygens (including phenoxy) is 1. The quantitative estimate of drug-likeness (QED) is 0.640. The van der Waals surface area contributed by atoms with Crippen molar-refractivity contribution >= 4 is 0 Å². The van der Waals surface area contributed by atoms with Gasteiger partial charge in [-0.2, -0.15) is 9.19 Å². The molecule has 68 valence electrons. The summed E-state index contributed by atoms with van der Waals surface area (Å²) >= 11 is 0. The molecular weight excluding hydrogens is 161 g/mol. The Morgan fingerprint density at radius 3 is 2.17 bits per heavy atom. The Morgan fingerprint density at radius 2 is 1.92 bits per heavy atom. The lowest BCUT2D eigenvalue weighted by Gasteiger charge is -2.15. The monoisotopic (exact) mass is 173 g/mol. The lowest BCUT2D eigenvalue weighted by Crippen LogP contribution is -2.24. The number of rotatable bonds is 1. The Hall–Kier alpha value is -1.13. The van der Waals surface area contributed by atoms with Gasteiger partial charge in [0, 0.05) is 0 Å². The van der Waals surface area contributed by atoms with Crippen LogP contribution in [0.15, 0.2) is 0 Å². The second-order valence-corrected chi connectivity index (χ2v) is 3.46. The summed E-state index contributed by atoms with van der Waals surface area (Å²) in [4.78, 5) is 1.29. The molecule has 1 aromatic rings. The molecule has 0 unspecified atom stereocenters. The SMILES string of the molecule is COc1nn(C(C)(C)C)nc1F. The van der Waals surface area contributed by atoms with Gasteiger partial charge in [0.2, 0.25) is 0 Å². The van der Waals surface area contributed by atoms with Gasteiger partial charge in [-0.1, -0.05) is 0 Å². The smallest absolute Gasteiger partial charge is 0.296 e. The van der Waals surface area contributed by atoms with Crippen LogP contribution in [-0.4, -0.2) is 22.1 Å². The van der Waals surface area contributed by atoms with Crippen molar-refractivity contribution < 1.29 is 9.13 Å². The number of methoxy groups -OCH3 is 1. The average molecular weight is 173 g/mol. The molecular formula is C7H12FN3O. The van der Waals surface area contributed by atoms with E-state index in [4.69, 9.17) is 0 Å². The Kier molecular flexibility index (Phi) is 2.04. The molecule has 5 heteroatoms. The van der Waals surface area contributed by atoms with Gasteiger partial charge in [0.25, 0.3) is 11.8 Å². The summed E-state index contributed by atoms with van der Waals surface area (Å²) < 4.78 is 17.5. The molecule has 0 aliphatic heterocycles. The highest BCUT2D eigenvalue weighted by molar-refractivity contribution is 5.02. The van der Waals surface area contributed by atoms with Crippen LogP contribution in [0.25, 0.3) is 0 Å². The van der Waals surface area contributed by atoms with E-state index in [0.717, 1.165) is 0 Å². The molecule has 1 heterocycles. The van der Waals surface area contributed by atoms with Crippen LogP contribution in [0.3, 0.4) is 0 Å². The first kappa shape index (κ1) is 8.96. The first-order chi connectivity index (χ1) is 5.45. The van der Waals surface area contributed by atoms with Crippen molar-refractivity contribution in [1.82, 2.24) is 15.0 Å². The van der Waals surface area contributed by atoms with Gasteiger partial charge in [0.1, 0.15) is 0 Å². The van der Waals surface area contributed by atoms with E-state index in [1.54, 1.807) is 0 Å². The van der Waals surface area contributed by atoms with Gasteiger partial charge < -0.3 is 4.74 Å². The number of nitrogens with zero attached hydrogens (tertiary/aromatic N) is 3. The van der Waals surface area contributed by atoms with Crippen LogP contribution in [0.5, 0.6) is 5.88 Å². The Balaban J connectivity index is 3.05. The van der Waals surface area contributed by atoms with E-state index < -0.39 is 5.95 Å². The summed E-state index contributed by atoms with van der Waals surface area (Å²) in [5.41, 5.74) is -0.322. The molecule has 0 amide bonds. The molecule has 0 fully saturated rings. The highest BCUT2D eigenvalue weighted by Crippen LogP contribution is 2.16. The van der Waals surface area contributed by atoms with E-state index in [0.29, 0.717) is 0 Å². The first-order valence-corrected chi connectivity index (χ1v) is 3.62. The van der Waals surface area contributed by atoms with Gasteiger partial charge in [-0.15, -0.1) is 10.2 Å². The van der Waals surface area contributed by atoms with E-state index in [-0.39, 0.29) is 11.4 Å². The number of hydrogen-bond acceptors (Lipinski definition) is 3. The normalized spacial score (nSPS) is 11.8. The molecule has 0 saturated carbocycles. The molecule has 0 aliphatic carbocycles. The number of halogens is 1. The standard InChI is InChI=1S/C7H12FN3O/c1-7(2,3)11-9-5(8)6(10-11)12-4/h1-4H3. The zero-order valence-electron chi connectivity index (χ0n) is 7.63. The van der Waals surface area contributed by atoms with Crippen LogP contribution in [0, 0.1) is 5.95 Å². The van der Waals surface area contributed by atoms with E-state index in [2.05, 4.69) is 14.9 Å². The third kappa shape index (κ3) is 1.54. The van der Waals surface area contributed by atoms with Gasteiger partial charge >= 0.3 is 0 Å². The van der Waals surface area contributed by atoms with Crippen molar-refractivity contribution in [2.45, 2.75) is 26.3 Å². The topological polar surface area (TPSA) is 39.9 Å². The molecule has 12 heavy (non-hydrogen) atoms. The Morgan fingerprint density at radius 1 is 1.33 bits per heavy atom. The van der Waals surface area contributed by atoms with Crippen molar-refractivity contribution in [3.8, 4) is 5.88 Å². The third-order valence-electron chi connectivity index (χ3n) is 1.34. The molecule has 0 saturated heterocycles. The highest BCUT2D eigenvalue weighted by Gasteiger charge is 2.20. The lowest BCUT2D eigenvalue weighted by atomic mass is 10.1. The van der Waals surface area contributed by atoms with Crippen molar-refractivity contribution in [2.75, 3.05) is 7.11 Å². The summed E-state index contributed by atoms with van der Waals surface area (Å²) in [6.45, 7) is 5.64. The molecule has 0 spiro atoms. The minimum absolute atomic E-state index is 0.0649. The van der Waals surface area contributed by atoms with Gasteiger partial charge in [-0.05, 0) is 20.8 Å². The molecule has 0 aromatic carbocycles. The van der Waals surface area contributed by atoms with Crippen LogP contribution < -0.4 is 4.74 Å². The van der Waals surface area contributed by atoms with E-state index in [1.165, 1.54) is 11.9 Å². The van der Waals surface area contributed by atoms with Crippen LogP contribution in [0.2, 0.25) is 0 Å². The molecule has 0 atom stereocenters. The van der Waals surface area contributed by atoms with Crippen LogP contribution in [0.1, 0.15) is 20.8 Å². The maximum atomic E-state index is 12.8. The van der Waals surface area contributed by atoms with Crippen LogP contribution in [-0.2, 0) is 5.54 Å². The summed E-state index contributed by atoms with van der Waals surface area (Å²) in [5, 5.41) is 7.37. The highest BCUT2D eigenvalue weighted by atomic mass is 19.1. The largest absolute Gasteiger partial charge is 0.477 e. The van der Waals surface area contributed by atoms with Crippen molar-refractivity contribution in [3.05, 3.63) is 5.95 Å². The van der Waals surface area contributed by atoms with Crippen molar-refractivity contribution in [1.29, 1.82) is 0 Å². The molecule has 0 radical (unpaired) electrons. The minimum atomic E-state index is -0.674. The van der Waals surface area contributed by atoms with E-state index in [1.807, 2.05) is 20.8 Å². The molecule has 0 aliphatic rings.